The number of hydrogen-bond donors (Lipinski definition) is 1. The van der Waals surface area contributed by atoms with E-state index >= 15 is 0 Å². The first-order valence-corrected chi connectivity index (χ1v) is 10.7. The lowest BCUT2D eigenvalue weighted by molar-refractivity contribution is 0.488. The van der Waals surface area contributed by atoms with Gasteiger partial charge in [0.25, 0.3) is 0 Å². The SMILES string of the molecule is Cn1ccnc1C1(CCCCc2ccc(N)cc2)c2ccccc2-c2ccccc21. The molecule has 0 spiro atoms. The Morgan fingerprint density at radius 1 is 0.833 bits per heavy atom. The van der Waals surface area contributed by atoms with Crippen molar-refractivity contribution >= 4 is 5.69 Å². The lowest BCUT2D eigenvalue weighted by Gasteiger charge is -2.32. The van der Waals surface area contributed by atoms with Gasteiger partial charge < -0.3 is 10.3 Å². The lowest BCUT2D eigenvalue weighted by atomic mass is 9.73. The summed E-state index contributed by atoms with van der Waals surface area (Å²) in [5, 5.41) is 0. The Hall–Kier alpha value is -3.33. The molecule has 4 aromatic rings. The largest absolute Gasteiger partial charge is 0.399 e. The van der Waals surface area contributed by atoms with Gasteiger partial charge in [0.15, 0.2) is 0 Å². The second-order valence-electron chi connectivity index (χ2n) is 8.31. The first-order chi connectivity index (χ1) is 14.7. The molecule has 0 fully saturated rings. The fourth-order valence-electron chi connectivity index (χ4n) is 5.13. The molecule has 0 saturated carbocycles. The molecule has 3 heteroatoms. The zero-order valence-corrected chi connectivity index (χ0v) is 17.4. The highest BCUT2D eigenvalue weighted by atomic mass is 15.1. The molecule has 0 amide bonds. The van der Waals surface area contributed by atoms with Crippen molar-refractivity contribution in [1.29, 1.82) is 0 Å². The Morgan fingerprint density at radius 2 is 1.47 bits per heavy atom. The number of imidazole rings is 1. The number of aromatic nitrogens is 2. The van der Waals surface area contributed by atoms with Gasteiger partial charge in [0.05, 0.1) is 5.41 Å². The molecule has 0 aliphatic heterocycles. The molecule has 2 N–H and O–H groups in total. The van der Waals surface area contributed by atoms with Gasteiger partial charge in [0, 0.05) is 25.1 Å². The fourth-order valence-corrected chi connectivity index (χ4v) is 5.13. The van der Waals surface area contributed by atoms with Crippen LogP contribution in [0, 0.1) is 0 Å². The van der Waals surface area contributed by atoms with Crippen LogP contribution in [0.5, 0.6) is 0 Å². The van der Waals surface area contributed by atoms with Gasteiger partial charge in [-0.3, -0.25) is 0 Å². The number of benzene rings is 3. The van der Waals surface area contributed by atoms with Gasteiger partial charge in [-0.25, -0.2) is 4.98 Å². The van der Waals surface area contributed by atoms with E-state index in [-0.39, 0.29) is 5.41 Å². The van der Waals surface area contributed by atoms with Crippen LogP contribution >= 0.6 is 0 Å². The Kier molecular flexibility index (Phi) is 4.66. The molecule has 0 atom stereocenters. The molecule has 30 heavy (non-hydrogen) atoms. The molecule has 0 unspecified atom stereocenters. The number of unbranched alkanes of at least 4 members (excludes halogenated alkanes) is 1. The van der Waals surface area contributed by atoms with Gasteiger partial charge in [-0.05, 0) is 59.2 Å². The number of anilines is 1. The molecule has 0 saturated heterocycles. The third kappa shape index (κ3) is 2.93. The van der Waals surface area contributed by atoms with Crippen LogP contribution in [0.2, 0.25) is 0 Å². The Labute approximate surface area is 178 Å². The van der Waals surface area contributed by atoms with Gasteiger partial charge in [-0.1, -0.05) is 67.1 Å². The Bertz CT molecular complexity index is 1130. The molecule has 1 aliphatic carbocycles. The average molecular weight is 394 g/mol. The third-order valence-electron chi connectivity index (χ3n) is 6.51. The van der Waals surface area contributed by atoms with E-state index in [4.69, 9.17) is 10.7 Å². The Balaban J connectivity index is 1.52. The van der Waals surface area contributed by atoms with Crippen molar-refractivity contribution in [3.8, 4) is 11.1 Å². The van der Waals surface area contributed by atoms with Crippen molar-refractivity contribution in [1.82, 2.24) is 9.55 Å². The quantitative estimate of drug-likeness (QED) is 0.336. The number of nitrogens with two attached hydrogens (primary N) is 1. The van der Waals surface area contributed by atoms with Gasteiger partial charge in [-0.15, -0.1) is 0 Å². The first kappa shape index (κ1) is 18.7. The molecule has 0 radical (unpaired) electrons. The number of hydrogen-bond acceptors (Lipinski definition) is 2. The summed E-state index contributed by atoms with van der Waals surface area (Å²) in [5.41, 5.74) is 13.3. The minimum atomic E-state index is -0.202. The molecule has 0 bridgehead atoms. The number of nitrogens with zero attached hydrogens (tertiary/aromatic N) is 2. The van der Waals surface area contributed by atoms with Gasteiger partial charge in [0.1, 0.15) is 5.82 Å². The summed E-state index contributed by atoms with van der Waals surface area (Å²) in [6.07, 6.45) is 8.37. The van der Waals surface area contributed by atoms with E-state index in [2.05, 4.69) is 78.5 Å². The zero-order chi connectivity index (χ0) is 20.6. The smallest absolute Gasteiger partial charge is 0.123 e. The summed E-state index contributed by atoms with van der Waals surface area (Å²) in [4.78, 5) is 4.86. The molecule has 1 aliphatic rings. The van der Waals surface area contributed by atoms with E-state index in [0.29, 0.717) is 0 Å². The number of rotatable bonds is 6. The van der Waals surface area contributed by atoms with Crippen LogP contribution in [0.15, 0.2) is 85.2 Å². The fraction of sp³-hybridized carbons (Fsp3) is 0.222. The van der Waals surface area contributed by atoms with E-state index in [1.165, 1.54) is 27.8 Å². The van der Waals surface area contributed by atoms with Crippen LogP contribution in [0.4, 0.5) is 5.69 Å². The normalized spacial score (nSPS) is 13.8. The summed E-state index contributed by atoms with van der Waals surface area (Å²) >= 11 is 0. The van der Waals surface area contributed by atoms with Gasteiger partial charge in [0.2, 0.25) is 0 Å². The van der Waals surface area contributed by atoms with Crippen molar-refractivity contribution in [2.24, 2.45) is 7.05 Å². The second-order valence-corrected chi connectivity index (χ2v) is 8.31. The highest BCUT2D eigenvalue weighted by Gasteiger charge is 2.46. The van der Waals surface area contributed by atoms with Gasteiger partial charge in [-0.2, -0.15) is 0 Å². The van der Waals surface area contributed by atoms with E-state index < -0.39 is 0 Å². The van der Waals surface area contributed by atoms with Crippen LogP contribution in [-0.2, 0) is 18.9 Å². The maximum atomic E-state index is 5.83. The first-order valence-electron chi connectivity index (χ1n) is 10.7. The van der Waals surface area contributed by atoms with Crippen molar-refractivity contribution in [3.63, 3.8) is 0 Å². The molecule has 3 nitrogen and oxygen atoms in total. The third-order valence-corrected chi connectivity index (χ3v) is 6.51. The topological polar surface area (TPSA) is 43.8 Å². The predicted octanol–water partition coefficient (Wildman–Crippen LogP) is 5.73. The number of nitrogen functional groups attached to an aromatic ring is 1. The molecule has 3 aromatic carbocycles. The van der Waals surface area contributed by atoms with Gasteiger partial charge >= 0.3 is 0 Å². The highest BCUT2D eigenvalue weighted by molar-refractivity contribution is 5.82. The van der Waals surface area contributed by atoms with Crippen LogP contribution in [0.3, 0.4) is 0 Å². The molecule has 1 aromatic heterocycles. The van der Waals surface area contributed by atoms with Crippen molar-refractivity contribution in [3.05, 3.63) is 108 Å². The van der Waals surface area contributed by atoms with Crippen LogP contribution < -0.4 is 5.73 Å². The molecule has 150 valence electrons. The summed E-state index contributed by atoms with van der Waals surface area (Å²) in [6, 6.07) is 26.0. The minimum Gasteiger partial charge on any atom is -0.399 e. The van der Waals surface area contributed by atoms with Crippen molar-refractivity contribution in [2.45, 2.75) is 31.1 Å². The summed E-state index contributed by atoms with van der Waals surface area (Å²) in [5.74, 6) is 1.13. The van der Waals surface area contributed by atoms with Crippen molar-refractivity contribution in [2.75, 3.05) is 5.73 Å². The minimum absolute atomic E-state index is 0.202. The average Bonchev–Trinajstić information content (AvgIpc) is 3.33. The molecule has 1 heterocycles. The van der Waals surface area contributed by atoms with Crippen LogP contribution in [0.25, 0.3) is 11.1 Å². The number of fused-ring (bicyclic) bond motifs is 3. The Morgan fingerprint density at radius 3 is 2.07 bits per heavy atom. The number of aryl methyl sites for hydroxylation is 2. The van der Waals surface area contributed by atoms with E-state index in [0.717, 1.165) is 37.2 Å². The molecular weight excluding hydrogens is 366 g/mol. The monoisotopic (exact) mass is 393 g/mol. The summed E-state index contributed by atoms with van der Waals surface area (Å²) in [6.45, 7) is 0. The summed E-state index contributed by atoms with van der Waals surface area (Å²) < 4.78 is 2.19. The summed E-state index contributed by atoms with van der Waals surface area (Å²) in [7, 11) is 2.11. The maximum absolute atomic E-state index is 5.83. The molecule has 5 rings (SSSR count). The zero-order valence-electron chi connectivity index (χ0n) is 17.4. The van der Waals surface area contributed by atoms with E-state index in [1.54, 1.807) is 0 Å². The van der Waals surface area contributed by atoms with Crippen molar-refractivity contribution < 1.29 is 0 Å². The predicted molar refractivity (Wildman–Crippen MR) is 123 cm³/mol. The van der Waals surface area contributed by atoms with E-state index in [9.17, 15) is 0 Å². The highest BCUT2D eigenvalue weighted by Crippen LogP contribution is 2.54. The standard InChI is InChI=1S/C27H27N3/c1-30-19-18-29-26(30)27(17-7-6-8-20-13-15-21(28)16-14-20)24-11-4-2-9-22(24)23-10-3-5-12-25(23)27/h2-5,9-16,18-19H,6-8,17,28H2,1H3. The molecular formula is C27H27N3. The van der Waals surface area contributed by atoms with E-state index in [1.807, 2.05) is 18.3 Å². The lowest BCUT2D eigenvalue weighted by Crippen LogP contribution is -2.30. The van der Waals surface area contributed by atoms with Crippen LogP contribution in [-0.4, -0.2) is 9.55 Å². The van der Waals surface area contributed by atoms with Crippen LogP contribution in [0.1, 0.15) is 41.8 Å². The second kappa shape index (κ2) is 7.49. The maximum Gasteiger partial charge on any atom is 0.123 e.